The fraction of sp³-hybridized carbons (Fsp3) is 0.375. The molecule has 0 saturated carbocycles. The van der Waals surface area contributed by atoms with Crippen LogP contribution in [0.3, 0.4) is 0 Å². The second-order valence-electron chi connectivity index (χ2n) is 4.61. The summed E-state index contributed by atoms with van der Waals surface area (Å²) in [5.74, 6) is -4.67. The number of esters is 1. The summed E-state index contributed by atoms with van der Waals surface area (Å²) in [6.45, 7) is 2.44. The fourth-order valence-electron chi connectivity index (χ4n) is 1.96. The highest BCUT2D eigenvalue weighted by Gasteiger charge is 2.47. The molecular formula is C16H18FNO6. The van der Waals surface area contributed by atoms with Crippen LogP contribution in [0, 0.1) is 5.82 Å². The molecule has 0 saturated heterocycles. The van der Waals surface area contributed by atoms with Crippen molar-refractivity contribution in [3.8, 4) is 0 Å². The molecule has 0 aliphatic rings. The summed E-state index contributed by atoms with van der Waals surface area (Å²) in [5.41, 5.74) is 4.25. The molecule has 0 spiro atoms. The quantitative estimate of drug-likeness (QED) is 0.233. The van der Waals surface area contributed by atoms with Gasteiger partial charge < -0.3 is 20.3 Å². The minimum absolute atomic E-state index is 0.0298. The standard InChI is InChI=1S/C16H18FNO6/c1-3-23-15(21)16(22,24-4-2)12(9-19)14(20)10-5-6-13(17)11(7-10)8-18/h5-7,22H,3-4,8,18H2,1-2H3. The van der Waals surface area contributed by atoms with Gasteiger partial charge in [-0.15, -0.1) is 0 Å². The first-order valence-electron chi connectivity index (χ1n) is 7.17. The zero-order valence-electron chi connectivity index (χ0n) is 13.3. The number of ketones is 1. The SMILES string of the molecule is CCOC(=O)C(O)(OCC)C(=C=O)C(=O)c1ccc(F)c(CN)c1. The van der Waals surface area contributed by atoms with E-state index in [-0.39, 0.29) is 30.9 Å². The second-order valence-corrected chi connectivity index (χ2v) is 4.61. The van der Waals surface area contributed by atoms with E-state index < -0.39 is 28.9 Å². The van der Waals surface area contributed by atoms with Crippen molar-refractivity contribution in [2.45, 2.75) is 26.2 Å². The van der Waals surface area contributed by atoms with E-state index in [1.54, 1.807) is 0 Å². The molecule has 3 N–H and O–H groups in total. The molecule has 1 unspecified atom stereocenters. The Morgan fingerprint density at radius 3 is 2.50 bits per heavy atom. The maximum Gasteiger partial charge on any atom is 0.372 e. The highest BCUT2D eigenvalue weighted by Crippen LogP contribution is 2.24. The van der Waals surface area contributed by atoms with Gasteiger partial charge in [-0.25, -0.2) is 14.0 Å². The predicted molar refractivity (Wildman–Crippen MR) is 81.0 cm³/mol. The van der Waals surface area contributed by atoms with Crippen LogP contribution in [0.5, 0.6) is 0 Å². The van der Waals surface area contributed by atoms with Crippen LogP contribution < -0.4 is 5.73 Å². The van der Waals surface area contributed by atoms with E-state index in [1.807, 2.05) is 0 Å². The molecule has 0 aliphatic carbocycles. The van der Waals surface area contributed by atoms with Crippen LogP contribution in [0.25, 0.3) is 0 Å². The molecule has 7 nitrogen and oxygen atoms in total. The van der Waals surface area contributed by atoms with E-state index in [2.05, 4.69) is 4.74 Å². The van der Waals surface area contributed by atoms with Crippen LogP contribution in [0.2, 0.25) is 0 Å². The summed E-state index contributed by atoms with van der Waals surface area (Å²) in [4.78, 5) is 35.7. The fourth-order valence-corrected chi connectivity index (χ4v) is 1.96. The second kappa shape index (κ2) is 8.47. The minimum Gasteiger partial charge on any atom is -0.462 e. The number of rotatable bonds is 8. The monoisotopic (exact) mass is 339 g/mol. The third kappa shape index (κ3) is 3.93. The molecule has 1 atom stereocenters. The molecule has 0 heterocycles. The Labute approximate surface area is 137 Å². The number of ether oxygens (including phenoxy) is 2. The van der Waals surface area contributed by atoms with Crippen molar-refractivity contribution in [3.05, 3.63) is 40.7 Å². The average molecular weight is 339 g/mol. The Bertz CT molecular complexity index is 683. The predicted octanol–water partition coefficient (Wildman–Crippen LogP) is 0.513. The van der Waals surface area contributed by atoms with E-state index in [0.717, 1.165) is 18.2 Å². The molecule has 0 aliphatic heterocycles. The number of hydrogen-bond acceptors (Lipinski definition) is 7. The van der Waals surface area contributed by atoms with Crippen LogP contribution in [0.4, 0.5) is 4.39 Å². The van der Waals surface area contributed by atoms with E-state index in [0.29, 0.717) is 0 Å². The largest absolute Gasteiger partial charge is 0.462 e. The Morgan fingerprint density at radius 1 is 1.33 bits per heavy atom. The number of halogens is 1. The maximum atomic E-state index is 13.5. The third-order valence-electron chi connectivity index (χ3n) is 3.10. The molecule has 1 rings (SSSR count). The normalized spacial score (nSPS) is 12.9. The van der Waals surface area contributed by atoms with Crippen LogP contribution in [-0.2, 0) is 25.6 Å². The Hall–Kier alpha value is -2.38. The number of carbonyl (C=O) groups is 2. The zero-order chi connectivity index (χ0) is 18.3. The molecule has 0 amide bonds. The summed E-state index contributed by atoms with van der Waals surface area (Å²) < 4.78 is 23.0. The van der Waals surface area contributed by atoms with Crippen LogP contribution in [0.15, 0.2) is 23.8 Å². The van der Waals surface area contributed by atoms with Gasteiger partial charge in [0.05, 0.1) is 6.61 Å². The van der Waals surface area contributed by atoms with Crippen molar-refractivity contribution in [1.82, 2.24) is 0 Å². The first-order chi connectivity index (χ1) is 11.3. The molecule has 0 fully saturated rings. The summed E-state index contributed by atoms with van der Waals surface area (Å²) in [7, 11) is 0. The number of carbonyl (C=O) groups excluding carboxylic acids is 3. The van der Waals surface area contributed by atoms with Gasteiger partial charge in [-0.1, -0.05) is 0 Å². The van der Waals surface area contributed by atoms with Crippen molar-refractivity contribution in [3.63, 3.8) is 0 Å². The minimum atomic E-state index is -2.90. The molecule has 130 valence electrons. The van der Waals surface area contributed by atoms with Crippen LogP contribution in [0.1, 0.15) is 29.8 Å². The van der Waals surface area contributed by atoms with Crippen molar-refractivity contribution in [1.29, 1.82) is 0 Å². The summed E-state index contributed by atoms with van der Waals surface area (Å²) in [6.07, 6.45) is 0. The number of Topliss-reactive ketones (excluding diaryl/α,β-unsaturated/α-hetero) is 1. The lowest BCUT2D eigenvalue weighted by Gasteiger charge is -2.25. The molecule has 24 heavy (non-hydrogen) atoms. The maximum absolute atomic E-state index is 13.5. The highest BCUT2D eigenvalue weighted by atomic mass is 19.1. The molecule has 0 radical (unpaired) electrons. The van der Waals surface area contributed by atoms with Crippen molar-refractivity contribution >= 4 is 17.7 Å². The first kappa shape index (κ1) is 19.7. The van der Waals surface area contributed by atoms with Crippen LogP contribution >= 0.6 is 0 Å². The number of benzene rings is 1. The van der Waals surface area contributed by atoms with Crippen molar-refractivity contribution in [2.75, 3.05) is 13.2 Å². The van der Waals surface area contributed by atoms with E-state index in [4.69, 9.17) is 10.5 Å². The van der Waals surface area contributed by atoms with E-state index in [1.165, 1.54) is 19.8 Å². The van der Waals surface area contributed by atoms with Gasteiger partial charge in [0.1, 0.15) is 11.8 Å². The van der Waals surface area contributed by atoms with E-state index in [9.17, 15) is 23.9 Å². The van der Waals surface area contributed by atoms with Crippen molar-refractivity contribution < 1.29 is 33.4 Å². The van der Waals surface area contributed by atoms with Gasteiger partial charge in [0.15, 0.2) is 5.57 Å². The number of nitrogens with two attached hydrogens (primary N) is 1. The topological polar surface area (TPSA) is 116 Å². The number of hydrogen-bond donors (Lipinski definition) is 2. The highest BCUT2D eigenvalue weighted by molar-refractivity contribution is 6.17. The average Bonchev–Trinajstić information content (AvgIpc) is 2.56. The summed E-state index contributed by atoms with van der Waals surface area (Å²) in [6, 6.07) is 3.19. The lowest BCUT2D eigenvalue weighted by Crippen LogP contribution is -2.47. The lowest BCUT2D eigenvalue weighted by molar-refractivity contribution is -0.210. The van der Waals surface area contributed by atoms with Gasteiger partial charge >= 0.3 is 11.8 Å². The Kier molecular flexibility index (Phi) is 6.94. The summed E-state index contributed by atoms with van der Waals surface area (Å²) in [5, 5.41) is 10.4. The van der Waals surface area contributed by atoms with E-state index >= 15 is 0 Å². The van der Waals surface area contributed by atoms with Gasteiger partial charge in [0.2, 0.25) is 5.78 Å². The third-order valence-corrected chi connectivity index (χ3v) is 3.10. The zero-order valence-corrected chi connectivity index (χ0v) is 13.3. The lowest BCUT2D eigenvalue weighted by atomic mass is 9.96. The molecule has 1 aromatic carbocycles. The van der Waals surface area contributed by atoms with Gasteiger partial charge in [0.25, 0.3) is 0 Å². The first-order valence-corrected chi connectivity index (χ1v) is 7.17. The molecule has 8 heteroatoms. The molecule has 0 bridgehead atoms. The number of aliphatic hydroxyl groups is 1. The van der Waals surface area contributed by atoms with Crippen molar-refractivity contribution in [2.24, 2.45) is 5.73 Å². The molecular weight excluding hydrogens is 321 g/mol. The molecule has 0 aromatic heterocycles. The Morgan fingerprint density at radius 2 is 2.00 bits per heavy atom. The van der Waals surface area contributed by atoms with Gasteiger partial charge in [-0.3, -0.25) is 4.79 Å². The van der Waals surface area contributed by atoms with Gasteiger partial charge in [0, 0.05) is 24.3 Å². The Balaban J connectivity index is 3.34. The summed E-state index contributed by atoms with van der Waals surface area (Å²) >= 11 is 0. The smallest absolute Gasteiger partial charge is 0.372 e. The van der Waals surface area contributed by atoms with Gasteiger partial charge in [-0.05, 0) is 32.0 Å². The van der Waals surface area contributed by atoms with Crippen LogP contribution in [-0.4, -0.2) is 41.8 Å². The molecule has 1 aromatic rings. The van der Waals surface area contributed by atoms with Gasteiger partial charge in [-0.2, -0.15) is 0 Å².